The third-order valence-electron chi connectivity index (χ3n) is 12.6. The van der Waals surface area contributed by atoms with Gasteiger partial charge in [0.15, 0.2) is 17.5 Å². The van der Waals surface area contributed by atoms with E-state index in [4.69, 9.17) is 19.9 Å². The van der Waals surface area contributed by atoms with Crippen molar-refractivity contribution in [2.45, 2.75) is 0 Å². The molecule has 4 aromatic heterocycles. The minimum Gasteiger partial charge on any atom is -0.309 e. The van der Waals surface area contributed by atoms with Crippen molar-refractivity contribution in [2.75, 3.05) is 0 Å². The highest BCUT2D eigenvalue weighted by atomic mass is 15.1. The second kappa shape index (κ2) is 14.4. The van der Waals surface area contributed by atoms with Gasteiger partial charge in [0.25, 0.3) is 0 Å². The van der Waals surface area contributed by atoms with Crippen LogP contribution in [0.25, 0.3) is 122 Å². The van der Waals surface area contributed by atoms with Gasteiger partial charge in [-0.05, 0) is 75.8 Å². The molecule has 9 aromatic carbocycles. The molecule has 0 saturated heterocycles. The fraction of sp³-hybridized carbons (Fsp3) is 0. The lowest BCUT2D eigenvalue weighted by atomic mass is 10.0. The number of hydrogen-bond donors (Lipinski definition) is 0. The number of rotatable bonds is 6. The quantitative estimate of drug-likeness (QED) is 0.168. The van der Waals surface area contributed by atoms with Crippen LogP contribution in [0.15, 0.2) is 219 Å². The normalized spacial score (nSPS) is 11.8. The number of para-hydroxylation sites is 1. The van der Waals surface area contributed by atoms with Gasteiger partial charge in [-0.3, -0.25) is 4.57 Å². The molecule has 0 aliphatic heterocycles. The van der Waals surface area contributed by atoms with Gasteiger partial charge in [-0.1, -0.05) is 164 Å². The van der Waals surface area contributed by atoms with E-state index in [2.05, 4.69) is 191 Å². The topological polar surface area (TPSA) is 61.4 Å². The Balaban J connectivity index is 1.08. The van der Waals surface area contributed by atoms with E-state index in [0.717, 1.165) is 72.2 Å². The Hall–Kier alpha value is -8.74. The van der Waals surface area contributed by atoms with Gasteiger partial charge in [0.2, 0.25) is 0 Å². The Labute approximate surface area is 368 Å². The molecule has 6 nitrogen and oxygen atoms in total. The van der Waals surface area contributed by atoms with Crippen molar-refractivity contribution >= 4 is 65.2 Å². The Morgan fingerprint density at radius 1 is 0.297 bits per heavy atom. The molecular weight excluding hydrogens is 781 g/mol. The molecule has 0 spiro atoms. The fourth-order valence-corrected chi connectivity index (χ4v) is 9.64. The third kappa shape index (κ3) is 5.73. The third-order valence-corrected chi connectivity index (χ3v) is 12.6. The number of fused-ring (bicyclic) bond motifs is 9. The first kappa shape index (κ1) is 36.0. The summed E-state index contributed by atoms with van der Waals surface area (Å²) in [4.78, 5) is 20.4. The molecule has 0 unspecified atom stereocenters. The molecule has 13 rings (SSSR count). The summed E-state index contributed by atoms with van der Waals surface area (Å²) in [6.45, 7) is 0. The molecule has 0 bridgehead atoms. The zero-order chi connectivity index (χ0) is 42.1. The number of aromatic nitrogens is 6. The molecule has 0 fully saturated rings. The van der Waals surface area contributed by atoms with Gasteiger partial charge in [0.1, 0.15) is 5.82 Å². The van der Waals surface area contributed by atoms with E-state index in [1.807, 2.05) is 36.5 Å². The largest absolute Gasteiger partial charge is 0.309 e. The molecule has 64 heavy (non-hydrogen) atoms. The smallest absolute Gasteiger partial charge is 0.164 e. The molecule has 0 aliphatic rings. The minimum atomic E-state index is 0.605. The molecule has 0 atom stereocenters. The van der Waals surface area contributed by atoms with Crippen molar-refractivity contribution < 1.29 is 0 Å². The summed E-state index contributed by atoms with van der Waals surface area (Å²) >= 11 is 0. The molecule has 0 aliphatic carbocycles. The highest BCUT2D eigenvalue weighted by molar-refractivity contribution is 6.25. The summed E-state index contributed by atoms with van der Waals surface area (Å²) in [6.07, 6.45) is 1.87. The standard InChI is InChI=1S/C58H36N6/c1-3-15-37(16-4-1)38-26-28-41(29-27-38)57-60-56(40-18-5-2-6-19-40)61-58(62-57)43-33-42-20-8-9-21-44(42)51(34-43)63-49-24-12-11-23-46(49)47-35-48-53(36-52(47)63)64(54-25-13-14-32-59-54)50-31-30-39-17-7-10-22-45(39)55(48)50/h1-36H. The summed E-state index contributed by atoms with van der Waals surface area (Å²) in [5.74, 6) is 2.72. The molecule has 0 amide bonds. The van der Waals surface area contributed by atoms with E-state index in [1.54, 1.807) is 0 Å². The average molecular weight is 817 g/mol. The summed E-state index contributed by atoms with van der Waals surface area (Å²) < 4.78 is 4.74. The van der Waals surface area contributed by atoms with Crippen molar-refractivity contribution in [2.24, 2.45) is 0 Å². The molecule has 13 aromatic rings. The predicted octanol–water partition coefficient (Wildman–Crippen LogP) is 14.4. The van der Waals surface area contributed by atoms with Crippen LogP contribution in [0.1, 0.15) is 0 Å². The van der Waals surface area contributed by atoms with Crippen molar-refractivity contribution in [3.63, 3.8) is 0 Å². The predicted molar refractivity (Wildman–Crippen MR) is 263 cm³/mol. The van der Waals surface area contributed by atoms with Crippen LogP contribution in [0.2, 0.25) is 0 Å². The van der Waals surface area contributed by atoms with Crippen LogP contribution >= 0.6 is 0 Å². The Bertz CT molecular complexity index is 3930. The van der Waals surface area contributed by atoms with Gasteiger partial charge in [0, 0.05) is 49.8 Å². The monoisotopic (exact) mass is 816 g/mol. The molecule has 0 N–H and O–H groups in total. The summed E-state index contributed by atoms with van der Waals surface area (Å²) in [5.41, 5.74) is 10.5. The zero-order valence-corrected chi connectivity index (χ0v) is 34.5. The molecule has 298 valence electrons. The van der Waals surface area contributed by atoms with Crippen LogP contribution in [0, 0.1) is 0 Å². The summed E-state index contributed by atoms with van der Waals surface area (Å²) in [5, 5.41) is 9.42. The first-order valence-corrected chi connectivity index (χ1v) is 21.5. The maximum absolute atomic E-state index is 5.25. The Morgan fingerprint density at radius 2 is 0.875 bits per heavy atom. The van der Waals surface area contributed by atoms with Gasteiger partial charge in [0.05, 0.1) is 27.8 Å². The van der Waals surface area contributed by atoms with Gasteiger partial charge < -0.3 is 4.57 Å². The highest BCUT2D eigenvalue weighted by Crippen LogP contribution is 2.43. The van der Waals surface area contributed by atoms with Crippen molar-refractivity contribution in [3.05, 3.63) is 219 Å². The van der Waals surface area contributed by atoms with Crippen molar-refractivity contribution in [1.82, 2.24) is 29.1 Å². The van der Waals surface area contributed by atoms with E-state index in [0.29, 0.717) is 17.5 Å². The summed E-state index contributed by atoms with van der Waals surface area (Å²) in [7, 11) is 0. The zero-order valence-electron chi connectivity index (χ0n) is 34.5. The second-order valence-corrected chi connectivity index (χ2v) is 16.3. The van der Waals surface area contributed by atoms with Gasteiger partial charge in [-0.2, -0.15) is 0 Å². The van der Waals surface area contributed by atoms with Crippen LogP contribution in [0.4, 0.5) is 0 Å². The molecule has 0 radical (unpaired) electrons. The maximum atomic E-state index is 5.25. The van der Waals surface area contributed by atoms with Crippen LogP contribution in [0.5, 0.6) is 0 Å². The molecule has 4 heterocycles. The van der Waals surface area contributed by atoms with E-state index >= 15 is 0 Å². The first-order valence-electron chi connectivity index (χ1n) is 21.5. The van der Waals surface area contributed by atoms with E-state index in [1.165, 1.54) is 32.3 Å². The van der Waals surface area contributed by atoms with Crippen LogP contribution in [-0.2, 0) is 0 Å². The first-order chi connectivity index (χ1) is 31.7. The van der Waals surface area contributed by atoms with Crippen LogP contribution in [-0.4, -0.2) is 29.1 Å². The van der Waals surface area contributed by atoms with Gasteiger partial charge in [-0.15, -0.1) is 0 Å². The SMILES string of the molecule is c1ccc(-c2ccc(-c3nc(-c4ccccc4)nc(-c4cc(-n5c6ccccc6c6cc7c8c9ccccc9ccc8n(-c8ccccn8)c7cc65)c5ccccc5c4)n3)cc2)cc1. The Kier molecular flexibility index (Phi) is 8.11. The van der Waals surface area contributed by atoms with Gasteiger partial charge in [-0.25, -0.2) is 19.9 Å². The number of benzene rings is 9. The fourth-order valence-electron chi connectivity index (χ4n) is 9.64. The molecule has 0 saturated carbocycles. The van der Waals surface area contributed by atoms with Crippen LogP contribution in [0.3, 0.4) is 0 Å². The second-order valence-electron chi connectivity index (χ2n) is 16.3. The maximum Gasteiger partial charge on any atom is 0.164 e. The van der Waals surface area contributed by atoms with Crippen LogP contribution < -0.4 is 0 Å². The number of nitrogens with zero attached hydrogens (tertiary/aromatic N) is 6. The average Bonchev–Trinajstić information content (AvgIpc) is 3.88. The summed E-state index contributed by atoms with van der Waals surface area (Å²) in [6, 6.07) is 74.9. The lowest BCUT2D eigenvalue weighted by molar-refractivity contribution is 1.07. The van der Waals surface area contributed by atoms with Gasteiger partial charge >= 0.3 is 0 Å². The highest BCUT2D eigenvalue weighted by Gasteiger charge is 2.22. The lowest BCUT2D eigenvalue weighted by Crippen LogP contribution is -2.02. The van der Waals surface area contributed by atoms with E-state index in [-0.39, 0.29) is 0 Å². The molecule has 6 heteroatoms. The molecular formula is C58H36N6. The lowest BCUT2D eigenvalue weighted by Gasteiger charge is -2.15. The van der Waals surface area contributed by atoms with Crippen molar-refractivity contribution in [3.8, 4) is 56.8 Å². The number of pyridine rings is 1. The van der Waals surface area contributed by atoms with Crippen molar-refractivity contribution in [1.29, 1.82) is 0 Å². The van der Waals surface area contributed by atoms with E-state index in [9.17, 15) is 0 Å². The van der Waals surface area contributed by atoms with E-state index < -0.39 is 0 Å². The minimum absolute atomic E-state index is 0.605. The Morgan fingerprint density at radius 3 is 1.62 bits per heavy atom. The number of hydrogen-bond acceptors (Lipinski definition) is 4.